The summed E-state index contributed by atoms with van der Waals surface area (Å²) in [4.78, 5) is 0. The molecule has 0 aromatic carbocycles. The van der Waals surface area contributed by atoms with Crippen molar-refractivity contribution in [3.05, 3.63) is 11.6 Å². The van der Waals surface area contributed by atoms with Crippen molar-refractivity contribution in [2.75, 3.05) is 6.54 Å². The van der Waals surface area contributed by atoms with Gasteiger partial charge in [-0.15, -0.1) is 0 Å². The summed E-state index contributed by atoms with van der Waals surface area (Å²) in [7, 11) is 0. The Morgan fingerprint density at radius 2 is 2.31 bits per heavy atom. The highest BCUT2D eigenvalue weighted by Gasteiger charge is 2.57. The molecule has 0 bridgehead atoms. The van der Waals surface area contributed by atoms with Gasteiger partial charge in [0.25, 0.3) is 0 Å². The van der Waals surface area contributed by atoms with Crippen LogP contribution in [0, 0.1) is 23.2 Å². The molecule has 1 heteroatoms. The second-order valence-corrected chi connectivity index (χ2v) is 5.13. The topological polar surface area (TPSA) is 26.0 Å². The molecule has 1 fully saturated rings. The van der Waals surface area contributed by atoms with E-state index in [0.717, 1.165) is 24.3 Å². The molecule has 0 saturated heterocycles. The van der Waals surface area contributed by atoms with Crippen LogP contribution in [0.4, 0.5) is 0 Å². The first-order chi connectivity index (χ1) is 6.13. The molecule has 0 aromatic rings. The van der Waals surface area contributed by atoms with Crippen LogP contribution in [0.3, 0.4) is 0 Å². The summed E-state index contributed by atoms with van der Waals surface area (Å²) in [5.74, 6) is 2.39. The van der Waals surface area contributed by atoms with Crippen molar-refractivity contribution in [1.82, 2.24) is 0 Å². The molecule has 3 atom stereocenters. The van der Waals surface area contributed by atoms with Crippen molar-refractivity contribution >= 4 is 0 Å². The number of hydrogen-bond donors (Lipinski definition) is 1. The summed E-state index contributed by atoms with van der Waals surface area (Å²) < 4.78 is 0. The van der Waals surface area contributed by atoms with Gasteiger partial charge in [0.15, 0.2) is 0 Å². The molecule has 0 radical (unpaired) electrons. The molecule has 1 spiro atoms. The van der Waals surface area contributed by atoms with Gasteiger partial charge >= 0.3 is 0 Å². The van der Waals surface area contributed by atoms with Crippen molar-refractivity contribution in [3.63, 3.8) is 0 Å². The highest BCUT2D eigenvalue weighted by molar-refractivity contribution is 5.34. The first kappa shape index (κ1) is 9.26. The Balaban J connectivity index is 2.18. The summed E-state index contributed by atoms with van der Waals surface area (Å²) in [6, 6.07) is 0. The lowest BCUT2D eigenvalue weighted by Gasteiger charge is -2.61. The van der Waals surface area contributed by atoms with Gasteiger partial charge in [-0.05, 0) is 37.1 Å². The van der Waals surface area contributed by atoms with E-state index in [9.17, 15) is 0 Å². The molecule has 0 heterocycles. The lowest BCUT2D eigenvalue weighted by atomic mass is 9.43. The Labute approximate surface area is 81.4 Å². The van der Waals surface area contributed by atoms with E-state index >= 15 is 0 Å². The van der Waals surface area contributed by atoms with Gasteiger partial charge in [0, 0.05) is 5.41 Å². The van der Waals surface area contributed by atoms with Crippen LogP contribution in [-0.4, -0.2) is 6.54 Å². The SMILES string of the molecule is CC(C)C1=CCC12C(C)CC2CN. The van der Waals surface area contributed by atoms with Gasteiger partial charge in [-0.2, -0.15) is 0 Å². The molecular weight excluding hydrogens is 158 g/mol. The monoisotopic (exact) mass is 179 g/mol. The molecule has 2 aliphatic carbocycles. The highest BCUT2D eigenvalue weighted by Crippen LogP contribution is 2.64. The number of nitrogens with two attached hydrogens (primary N) is 1. The van der Waals surface area contributed by atoms with E-state index in [2.05, 4.69) is 26.8 Å². The van der Waals surface area contributed by atoms with Crippen molar-refractivity contribution in [2.24, 2.45) is 28.9 Å². The predicted octanol–water partition coefficient (Wildman–Crippen LogP) is 2.57. The Kier molecular flexibility index (Phi) is 2.03. The zero-order valence-electron chi connectivity index (χ0n) is 9.01. The summed E-state index contributed by atoms with van der Waals surface area (Å²) in [6.07, 6.45) is 5.08. The molecule has 2 N–H and O–H groups in total. The summed E-state index contributed by atoms with van der Waals surface area (Å²) in [5, 5.41) is 0. The lowest BCUT2D eigenvalue weighted by molar-refractivity contribution is -0.0256. The van der Waals surface area contributed by atoms with E-state index in [-0.39, 0.29) is 0 Å². The maximum Gasteiger partial charge on any atom is 0.00150 e. The van der Waals surface area contributed by atoms with Gasteiger partial charge in [0.1, 0.15) is 0 Å². The average molecular weight is 179 g/mol. The van der Waals surface area contributed by atoms with E-state index < -0.39 is 0 Å². The van der Waals surface area contributed by atoms with Crippen LogP contribution in [0.2, 0.25) is 0 Å². The van der Waals surface area contributed by atoms with E-state index in [1.54, 1.807) is 5.57 Å². The maximum absolute atomic E-state index is 5.82. The minimum absolute atomic E-state index is 0.545. The van der Waals surface area contributed by atoms with Crippen molar-refractivity contribution in [2.45, 2.75) is 33.6 Å². The zero-order chi connectivity index (χ0) is 9.64. The molecule has 1 saturated carbocycles. The summed E-state index contributed by atoms with van der Waals surface area (Å²) in [6.45, 7) is 7.90. The highest BCUT2D eigenvalue weighted by atomic mass is 14.7. The molecule has 1 nitrogen and oxygen atoms in total. The van der Waals surface area contributed by atoms with Crippen molar-refractivity contribution < 1.29 is 0 Å². The van der Waals surface area contributed by atoms with Crippen LogP contribution in [0.25, 0.3) is 0 Å². The standard InChI is InChI=1S/C12H21N/c1-8(2)11-4-5-12(11)9(3)6-10(12)7-13/h4,8-10H,5-7,13H2,1-3H3. The minimum Gasteiger partial charge on any atom is -0.330 e. The second-order valence-electron chi connectivity index (χ2n) is 5.13. The fourth-order valence-corrected chi connectivity index (χ4v) is 3.51. The van der Waals surface area contributed by atoms with Gasteiger partial charge in [0.05, 0.1) is 0 Å². The molecule has 2 rings (SSSR count). The minimum atomic E-state index is 0.545. The van der Waals surface area contributed by atoms with Gasteiger partial charge in [-0.3, -0.25) is 0 Å². The first-order valence-corrected chi connectivity index (χ1v) is 5.53. The second kappa shape index (κ2) is 2.84. The first-order valence-electron chi connectivity index (χ1n) is 5.53. The normalized spacial score (nSPS) is 43.0. The molecular formula is C12H21N. The zero-order valence-corrected chi connectivity index (χ0v) is 9.01. The van der Waals surface area contributed by atoms with Gasteiger partial charge in [-0.25, -0.2) is 0 Å². The van der Waals surface area contributed by atoms with E-state index in [1.807, 2.05) is 0 Å². The van der Waals surface area contributed by atoms with Crippen LogP contribution in [0.5, 0.6) is 0 Å². The fourth-order valence-electron chi connectivity index (χ4n) is 3.51. The molecule has 0 aliphatic heterocycles. The van der Waals surface area contributed by atoms with Crippen LogP contribution < -0.4 is 5.73 Å². The summed E-state index contributed by atoms with van der Waals surface area (Å²) >= 11 is 0. The molecule has 74 valence electrons. The Bertz CT molecular complexity index is 242. The largest absolute Gasteiger partial charge is 0.330 e. The van der Waals surface area contributed by atoms with Gasteiger partial charge in [-0.1, -0.05) is 32.4 Å². The maximum atomic E-state index is 5.82. The fraction of sp³-hybridized carbons (Fsp3) is 0.833. The van der Waals surface area contributed by atoms with E-state index in [1.165, 1.54) is 12.8 Å². The number of hydrogen-bond acceptors (Lipinski definition) is 1. The van der Waals surface area contributed by atoms with E-state index in [0.29, 0.717) is 5.41 Å². The quantitative estimate of drug-likeness (QED) is 0.648. The third-order valence-electron chi connectivity index (χ3n) is 4.35. The Morgan fingerprint density at radius 3 is 2.62 bits per heavy atom. The molecule has 3 unspecified atom stereocenters. The smallest absolute Gasteiger partial charge is 0.00150 e. The third-order valence-corrected chi connectivity index (χ3v) is 4.35. The molecule has 2 aliphatic rings. The number of allylic oxidation sites excluding steroid dienone is 2. The van der Waals surface area contributed by atoms with Gasteiger partial charge < -0.3 is 5.73 Å². The van der Waals surface area contributed by atoms with Gasteiger partial charge in [0.2, 0.25) is 0 Å². The third kappa shape index (κ3) is 0.969. The van der Waals surface area contributed by atoms with Crippen LogP contribution in [0.1, 0.15) is 33.6 Å². The van der Waals surface area contributed by atoms with Crippen LogP contribution in [0.15, 0.2) is 11.6 Å². The lowest BCUT2D eigenvalue weighted by Crippen LogP contribution is -2.56. The number of rotatable bonds is 2. The predicted molar refractivity (Wildman–Crippen MR) is 56.3 cm³/mol. The Morgan fingerprint density at radius 1 is 1.62 bits per heavy atom. The molecule has 0 aromatic heterocycles. The van der Waals surface area contributed by atoms with Crippen LogP contribution >= 0.6 is 0 Å². The average Bonchev–Trinajstić information content (AvgIpc) is 1.96. The molecule has 13 heavy (non-hydrogen) atoms. The summed E-state index contributed by atoms with van der Waals surface area (Å²) in [5.41, 5.74) is 8.06. The van der Waals surface area contributed by atoms with Crippen molar-refractivity contribution in [1.29, 1.82) is 0 Å². The van der Waals surface area contributed by atoms with Crippen LogP contribution in [-0.2, 0) is 0 Å². The Hall–Kier alpha value is -0.300. The molecule has 0 amide bonds. The van der Waals surface area contributed by atoms with E-state index in [4.69, 9.17) is 5.73 Å². The van der Waals surface area contributed by atoms with Crippen molar-refractivity contribution in [3.8, 4) is 0 Å².